The summed E-state index contributed by atoms with van der Waals surface area (Å²) in [5, 5.41) is 5.29. The van der Waals surface area contributed by atoms with Crippen molar-refractivity contribution in [2.45, 2.75) is 13.3 Å². The standard InChI is InChI=1S/C21H18ClN3O2S.ClH/c1-13-3-5-14(6-4-13)18-11-25-16(12-28-21(25)24-18)10-20(26)23-15-7-8-19(27-2)17(22)9-15;/h3-9,11-12H,10H2,1-2H3,(H,23,26);1H. The summed E-state index contributed by atoms with van der Waals surface area (Å²) in [7, 11) is 1.55. The van der Waals surface area contributed by atoms with E-state index in [1.165, 1.54) is 16.9 Å². The molecule has 0 fully saturated rings. The molecule has 0 saturated heterocycles. The largest absolute Gasteiger partial charge is 0.495 e. The molecule has 4 aromatic rings. The lowest BCUT2D eigenvalue weighted by atomic mass is 10.1. The summed E-state index contributed by atoms with van der Waals surface area (Å²) in [6.45, 7) is 2.06. The van der Waals surface area contributed by atoms with Gasteiger partial charge >= 0.3 is 0 Å². The molecule has 5 nitrogen and oxygen atoms in total. The van der Waals surface area contributed by atoms with Gasteiger partial charge in [-0.3, -0.25) is 9.20 Å². The Morgan fingerprint density at radius 3 is 2.69 bits per heavy atom. The van der Waals surface area contributed by atoms with Gasteiger partial charge in [0.1, 0.15) is 5.75 Å². The third-order valence-corrected chi connectivity index (χ3v) is 5.59. The number of hydrogen-bond acceptors (Lipinski definition) is 4. The van der Waals surface area contributed by atoms with Gasteiger partial charge in [-0.1, -0.05) is 41.4 Å². The molecular formula is C21H19Cl2N3O2S. The molecular weight excluding hydrogens is 429 g/mol. The molecule has 0 aliphatic heterocycles. The molecule has 8 heteroatoms. The minimum Gasteiger partial charge on any atom is -0.495 e. The Morgan fingerprint density at radius 2 is 2.00 bits per heavy atom. The third-order valence-electron chi connectivity index (χ3n) is 4.41. The minimum atomic E-state index is -0.119. The van der Waals surface area contributed by atoms with Gasteiger partial charge in [-0.05, 0) is 25.1 Å². The number of benzene rings is 2. The number of methoxy groups -OCH3 is 1. The molecule has 2 heterocycles. The van der Waals surface area contributed by atoms with E-state index >= 15 is 0 Å². The topological polar surface area (TPSA) is 55.6 Å². The molecule has 0 spiro atoms. The Kier molecular flexibility index (Phi) is 6.47. The van der Waals surface area contributed by atoms with Crippen molar-refractivity contribution in [1.82, 2.24) is 9.38 Å². The average Bonchev–Trinajstić information content (AvgIpc) is 3.24. The Bertz CT molecular complexity index is 1150. The molecule has 0 aliphatic rings. The van der Waals surface area contributed by atoms with Crippen LogP contribution in [0, 0.1) is 6.92 Å². The second-order valence-corrected chi connectivity index (χ2v) is 7.69. The number of aryl methyl sites for hydroxylation is 1. The number of hydrogen-bond donors (Lipinski definition) is 1. The molecule has 1 amide bonds. The van der Waals surface area contributed by atoms with E-state index in [-0.39, 0.29) is 24.7 Å². The van der Waals surface area contributed by atoms with Gasteiger partial charge in [0, 0.05) is 28.5 Å². The normalized spacial score (nSPS) is 10.6. The molecule has 0 saturated carbocycles. The van der Waals surface area contributed by atoms with Gasteiger partial charge in [-0.25, -0.2) is 4.98 Å². The summed E-state index contributed by atoms with van der Waals surface area (Å²) in [5.41, 5.74) is 4.69. The Balaban J connectivity index is 0.00000240. The van der Waals surface area contributed by atoms with Crippen molar-refractivity contribution >= 4 is 51.9 Å². The summed E-state index contributed by atoms with van der Waals surface area (Å²) in [4.78, 5) is 18.0. The van der Waals surface area contributed by atoms with Crippen LogP contribution in [-0.2, 0) is 11.2 Å². The molecule has 2 aromatic heterocycles. The highest BCUT2D eigenvalue weighted by atomic mass is 35.5. The molecule has 2 aromatic carbocycles. The lowest BCUT2D eigenvalue weighted by Crippen LogP contribution is -2.15. The predicted molar refractivity (Wildman–Crippen MR) is 121 cm³/mol. The Hall–Kier alpha value is -2.54. The maximum atomic E-state index is 12.5. The number of rotatable bonds is 5. The van der Waals surface area contributed by atoms with Gasteiger partial charge in [0.15, 0.2) is 4.96 Å². The van der Waals surface area contributed by atoms with Crippen molar-refractivity contribution in [2.75, 3.05) is 12.4 Å². The van der Waals surface area contributed by atoms with E-state index in [0.29, 0.717) is 16.5 Å². The SMILES string of the molecule is COc1ccc(NC(=O)Cc2csc3nc(-c4ccc(C)cc4)cn23)cc1Cl.Cl. The van der Waals surface area contributed by atoms with Gasteiger partial charge in [0.05, 0.1) is 24.2 Å². The number of nitrogens with zero attached hydrogens (tertiary/aromatic N) is 2. The van der Waals surface area contributed by atoms with E-state index in [0.717, 1.165) is 21.9 Å². The number of anilines is 1. The minimum absolute atomic E-state index is 0. The maximum Gasteiger partial charge on any atom is 0.230 e. The molecule has 1 N–H and O–H groups in total. The van der Waals surface area contributed by atoms with E-state index in [9.17, 15) is 4.79 Å². The highest BCUT2D eigenvalue weighted by Gasteiger charge is 2.13. The highest BCUT2D eigenvalue weighted by Crippen LogP contribution is 2.28. The van der Waals surface area contributed by atoms with Crippen LogP contribution in [0.25, 0.3) is 16.2 Å². The average molecular weight is 448 g/mol. The van der Waals surface area contributed by atoms with Crippen molar-refractivity contribution in [3.8, 4) is 17.0 Å². The second-order valence-electron chi connectivity index (χ2n) is 6.45. The van der Waals surface area contributed by atoms with Gasteiger partial charge in [-0.15, -0.1) is 23.7 Å². The fraction of sp³-hybridized carbons (Fsp3) is 0.143. The van der Waals surface area contributed by atoms with Gasteiger partial charge in [-0.2, -0.15) is 0 Å². The fourth-order valence-corrected chi connectivity index (χ4v) is 4.06. The summed E-state index contributed by atoms with van der Waals surface area (Å²) >= 11 is 7.64. The lowest BCUT2D eigenvalue weighted by Gasteiger charge is -2.08. The summed E-state index contributed by atoms with van der Waals surface area (Å²) in [6.07, 6.45) is 2.22. The summed E-state index contributed by atoms with van der Waals surface area (Å²) < 4.78 is 7.10. The maximum absolute atomic E-state index is 12.5. The molecule has 0 atom stereocenters. The van der Waals surface area contributed by atoms with Crippen LogP contribution in [0.2, 0.25) is 5.02 Å². The monoisotopic (exact) mass is 447 g/mol. The number of thiazole rings is 1. The van der Waals surface area contributed by atoms with Crippen LogP contribution in [0.15, 0.2) is 54.0 Å². The van der Waals surface area contributed by atoms with Crippen molar-refractivity contribution in [3.63, 3.8) is 0 Å². The van der Waals surface area contributed by atoms with Crippen LogP contribution in [0.5, 0.6) is 5.75 Å². The Labute approximate surface area is 183 Å². The summed E-state index contributed by atoms with van der Waals surface area (Å²) in [6, 6.07) is 13.4. The number of fused-ring (bicyclic) bond motifs is 1. The molecule has 0 unspecified atom stereocenters. The number of amides is 1. The third kappa shape index (κ3) is 4.56. The zero-order valence-corrected chi connectivity index (χ0v) is 18.2. The molecule has 0 bridgehead atoms. The number of carbonyl (C=O) groups excluding carboxylic acids is 1. The molecule has 0 radical (unpaired) electrons. The number of imidazole rings is 1. The first-order valence-electron chi connectivity index (χ1n) is 8.69. The lowest BCUT2D eigenvalue weighted by molar-refractivity contribution is -0.115. The zero-order valence-electron chi connectivity index (χ0n) is 15.8. The summed E-state index contributed by atoms with van der Waals surface area (Å²) in [5.74, 6) is 0.452. The first-order chi connectivity index (χ1) is 13.5. The predicted octanol–water partition coefficient (Wildman–Crippen LogP) is 5.64. The fourth-order valence-electron chi connectivity index (χ4n) is 2.93. The van der Waals surface area contributed by atoms with Crippen molar-refractivity contribution < 1.29 is 9.53 Å². The first kappa shape index (κ1) is 21.2. The van der Waals surface area contributed by atoms with E-state index in [1.807, 2.05) is 16.0 Å². The number of nitrogens with one attached hydrogen (secondary N) is 1. The van der Waals surface area contributed by atoms with Crippen molar-refractivity contribution in [3.05, 3.63) is 70.3 Å². The van der Waals surface area contributed by atoms with Crippen LogP contribution in [0.3, 0.4) is 0 Å². The molecule has 29 heavy (non-hydrogen) atoms. The molecule has 4 rings (SSSR count). The van der Waals surface area contributed by atoms with E-state index in [1.54, 1.807) is 25.3 Å². The van der Waals surface area contributed by atoms with E-state index in [4.69, 9.17) is 16.3 Å². The molecule has 0 aliphatic carbocycles. The van der Waals surface area contributed by atoms with Gasteiger partial charge in [0.25, 0.3) is 0 Å². The smallest absolute Gasteiger partial charge is 0.230 e. The van der Waals surface area contributed by atoms with Crippen LogP contribution >= 0.6 is 35.3 Å². The second kappa shape index (κ2) is 8.86. The van der Waals surface area contributed by atoms with E-state index < -0.39 is 0 Å². The molecule has 150 valence electrons. The quantitative estimate of drug-likeness (QED) is 0.430. The Morgan fingerprint density at radius 1 is 1.24 bits per heavy atom. The van der Waals surface area contributed by atoms with Crippen LogP contribution in [0.1, 0.15) is 11.3 Å². The number of carbonyl (C=O) groups is 1. The van der Waals surface area contributed by atoms with E-state index in [2.05, 4.69) is 41.5 Å². The van der Waals surface area contributed by atoms with Crippen LogP contribution in [0.4, 0.5) is 5.69 Å². The van der Waals surface area contributed by atoms with Gasteiger partial charge in [0.2, 0.25) is 5.91 Å². The van der Waals surface area contributed by atoms with Crippen molar-refractivity contribution in [2.24, 2.45) is 0 Å². The first-order valence-corrected chi connectivity index (χ1v) is 9.95. The number of halogens is 2. The number of aromatic nitrogens is 2. The van der Waals surface area contributed by atoms with Gasteiger partial charge < -0.3 is 10.1 Å². The van der Waals surface area contributed by atoms with Crippen LogP contribution < -0.4 is 10.1 Å². The highest BCUT2D eigenvalue weighted by molar-refractivity contribution is 7.15. The van der Waals surface area contributed by atoms with Crippen molar-refractivity contribution in [1.29, 1.82) is 0 Å². The zero-order chi connectivity index (χ0) is 19.7. The number of ether oxygens (including phenoxy) is 1. The van der Waals surface area contributed by atoms with Crippen LogP contribution in [-0.4, -0.2) is 22.4 Å².